The van der Waals surface area contributed by atoms with E-state index in [1.807, 2.05) is 13.0 Å². The number of ether oxygens (including phenoxy) is 1. The summed E-state index contributed by atoms with van der Waals surface area (Å²) in [4.78, 5) is 24.7. The lowest BCUT2D eigenvalue weighted by Crippen LogP contribution is -2.09. The van der Waals surface area contributed by atoms with Gasteiger partial charge in [-0.3, -0.25) is 4.79 Å². The van der Waals surface area contributed by atoms with Crippen molar-refractivity contribution in [3.05, 3.63) is 88.3 Å². The van der Waals surface area contributed by atoms with E-state index >= 15 is 0 Å². The number of carbonyl (C=O) groups is 1. The Balaban J connectivity index is 1.68. The van der Waals surface area contributed by atoms with Crippen LogP contribution in [-0.4, -0.2) is 5.97 Å². The Hall–Kier alpha value is -3.60. The third-order valence-corrected chi connectivity index (χ3v) is 3.93. The van der Waals surface area contributed by atoms with Gasteiger partial charge >= 0.3 is 5.97 Å². The van der Waals surface area contributed by atoms with Crippen LogP contribution in [0.5, 0.6) is 5.75 Å². The van der Waals surface area contributed by atoms with E-state index in [1.165, 1.54) is 18.4 Å². The molecule has 0 spiro atoms. The highest BCUT2D eigenvalue weighted by Gasteiger charge is 2.12. The van der Waals surface area contributed by atoms with Crippen LogP contribution in [0.25, 0.3) is 22.5 Å². The Labute approximate surface area is 148 Å². The van der Waals surface area contributed by atoms with Crippen LogP contribution in [0.3, 0.4) is 0 Å². The second kappa shape index (κ2) is 6.37. The molecule has 0 saturated carbocycles. The van der Waals surface area contributed by atoms with Crippen LogP contribution >= 0.6 is 0 Å². The summed E-state index contributed by atoms with van der Waals surface area (Å²) in [6.45, 7) is 1.90. The van der Waals surface area contributed by atoms with Gasteiger partial charge in [0, 0.05) is 6.07 Å². The largest absolute Gasteiger partial charge is 0.461 e. The molecule has 0 amide bonds. The molecule has 0 aliphatic heterocycles. The van der Waals surface area contributed by atoms with Gasteiger partial charge < -0.3 is 13.6 Å². The topological polar surface area (TPSA) is 69.7 Å². The van der Waals surface area contributed by atoms with Crippen LogP contribution < -0.4 is 10.2 Å². The van der Waals surface area contributed by atoms with Gasteiger partial charge in [-0.15, -0.1) is 0 Å². The molecule has 0 bridgehead atoms. The highest BCUT2D eigenvalue weighted by atomic mass is 16.5. The van der Waals surface area contributed by atoms with Crippen LogP contribution in [0, 0.1) is 6.92 Å². The van der Waals surface area contributed by atoms with E-state index in [2.05, 4.69) is 0 Å². The van der Waals surface area contributed by atoms with Crippen molar-refractivity contribution in [2.45, 2.75) is 6.92 Å². The summed E-state index contributed by atoms with van der Waals surface area (Å²) in [5.41, 5.74) is 1.56. The zero-order valence-electron chi connectivity index (χ0n) is 13.9. The van der Waals surface area contributed by atoms with Gasteiger partial charge in [0.15, 0.2) is 16.9 Å². The molecule has 4 aromatic rings. The third kappa shape index (κ3) is 3.02. The monoisotopic (exact) mass is 346 g/mol. The molecule has 2 aromatic carbocycles. The average molecular weight is 346 g/mol. The van der Waals surface area contributed by atoms with Crippen molar-refractivity contribution in [1.82, 2.24) is 0 Å². The minimum absolute atomic E-state index is 0.244. The molecule has 26 heavy (non-hydrogen) atoms. The molecule has 0 radical (unpaired) electrons. The molecule has 5 heteroatoms. The number of hydrogen-bond acceptors (Lipinski definition) is 5. The number of hydrogen-bond donors (Lipinski definition) is 0. The molecule has 128 valence electrons. The molecule has 2 heterocycles. The number of benzene rings is 2. The van der Waals surface area contributed by atoms with Gasteiger partial charge in [0.2, 0.25) is 0 Å². The van der Waals surface area contributed by atoms with Crippen molar-refractivity contribution in [3.63, 3.8) is 0 Å². The first kappa shape index (κ1) is 15.9. The fourth-order valence-electron chi connectivity index (χ4n) is 2.68. The van der Waals surface area contributed by atoms with Crippen molar-refractivity contribution in [3.8, 4) is 17.3 Å². The Morgan fingerprint density at radius 2 is 1.85 bits per heavy atom. The number of esters is 1. The highest BCUT2D eigenvalue weighted by molar-refractivity contribution is 5.92. The quantitative estimate of drug-likeness (QED) is 0.401. The van der Waals surface area contributed by atoms with Crippen molar-refractivity contribution >= 4 is 16.9 Å². The molecule has 0 aliphatic carbocycles. The van der Waals surface area contributed by atoms with Crippen LogP contribution in [0.2, 0.25) is 0 Å². The number of aryl methyl sites for hydroxylation is 1. The summed E-state index contributed by atoms with van der Waals surface area (Å²) in [6.07, 6.45) is 1.51. The maximum absolute atomic E-state index is 12.4. The van der Waals surface area contributed by atoms with E-state index in [0.29, 0.717) is 28.1 Å². The van der Waals surface area contributed by atoms with E-state index in [1.54, 1.807) is 42.5 Å². The zero-order chi connectivity index (χ0) is 18.1. The summed E-state index contributed by atoms with van der Waals surface area (Å²) >= 11 is 0. The Kier molecular flexibility index (Phi) is 3.89. The third-order valence-electron chi connectivity index (χ3n) is 3.93. The fraction of sp³-hybridized carbons (Fsp3) is 0.0476. The maximum atomic E-state index is 12.4. The SMILES string of the molecule is Cc1cccc(C(=O)Oc2ccc3oc(-c4ccco4)cc(=O)c3c2)c1. The van der Waals surface area contributed by atoms with E-state index in [4.69, 9.17) is 13.6 Å². The van der Waals surface area contributed by atoms with Crippen LogP contribution in [0.4, 0.5) is 0 Å². The first-order valence-corrected chi connectivity index (χ1v) is 8.01. The first-order chi connectivity index (χ1) is 12.6. The van der Waals surface area contributed by atoms with Crippen molar-refractivity contribution in [2.75, 3.05) is 0 Å². The number of furan rings is 1. The summed E-state index contributed by atoms with van der Waals surface area (Å²) in [5.74, 6) is 0.614. The zero-order valence-corrected chi connectivity index (χ0v) is 13.9. The van der Waals surface area contributed by atoms with Gasteiger partial charge in [0.25, 0.3) is 0 Å². The molecular weight excluding hydrogens is 332 g/mol. The predicted molar refractivity (Wildman–Crippen MR) is 96.3 cm³/mol. The van der Waals surface area contributed by atoms with E-state index < -0.39 is 5.97 Å². The van der Waals surface area contributed by atoms with E-state index in [0.717, 1.165) is 5.56 Å². The first-order valence-electron chi connectivity index (χ1n) is 8.01. The molecule has 0 atom stereocenters. The van der Waals surface area contributed by atoms with Gasteiger partial charge in [-0.25, -0.2) is 4.79 Å². The molecule has 5 nitrogen and oxygen atoms in total. The van der Waals surface area contributed by atoms with Crippen LogP contribution in [-0.2, 0) is 0 Å². The molecule has 0 N–H and O–H groups in total. The highest BCUT2D eigenvalue weighted by Crippen LogP contribution is 2.25. The lowest BCUT2D eigenvalue weighted by Gasteiger charge is -2.06. The number of carbonyl (C=O) groups excluding carboxylic acids is 1. The predicted octanol–water partition coefficient (Wildman–Crippen LogP) is 4.58. The smallest absolute Gasteiger partial charge is 0.343 e. The van der Waals surface area contributed by atoms with Gasteiger partial charge in [0.05, 0.1) is 17.2 Å². The maximum Gasteiger partial charge on any atom is 0.343 e. The van der Waals surface area contributed by atoms with Gasteiger partial charge in [-0.05, 0) is 49.4 Å². The summed E-state index contributed by atoms with van der Waals surface area (Å²) in [6, 6.07) is 16.6. The number of fused-ring (bicyclic) bond motifs is 1. The number of rotatable bonds is 3. The minimum Gasteiger partial charge on any atom is -0.461 e. The van der Waals surface area contributed by atoms with Crippen LogP contribution in [0.1, 0.15) is 15.9 Å². The second-order valence-electron chi connectivity index (χ2n) is 5.87. The summed E-state index contributed by atoms with van der Waals surface area (Å²) in [5, 5.41) is 0.329. The second-order valence-corrected chi connectivity index (χ2v) is 5.87. The molecule has 0 aliphatic rings. The normalized spacial score (nSPS) is 10.8. The van der Waals surface area contributed by atoms with E-state index in [9.17, 15) is 9.59 Å². The molecule has 0 fully saturated rings. The summed E-state index contributed by atoms with van der Waals surface area (Å²) < 4.78 is 16.4. The standard InChI is InChI=1S/C21H14O5/c1-13-4-2-5-14(10-13)21(23)25-15-7-8-18-16(11-15)17(22)12-20(26-18)19-6-3-9-24-19/h2-12H,1H3. The molecular formula is C21H14O5. The molecule has 2 aromatic heterocycles. The van der Waals surface area contributed by atoms with E-state index in [-0.39, 0.29) is 11.2 Å². The minimum atomic E-state index is -0.482. The lowest BCUT2D eigenvalue weighted by molar-refractivity contribution is 0.0735. The Bertz CT molecular complexity index is 1150. The molecule has 0 unspecified atom stereocenters. The Morgan fingerprint density at radius 3 is 2.62 bits per heavy atom. The fourth-order valence-corrected chi connectivity index (χ4v) is 2.68. The van der Waals surface area contributed by atoms with Gasteiger partial charge in [-0.2, -0.15) is 0 Å². The van der Waals surface area contributed by atoms with Gasteiger partial charge in [-0.1, -0.05) is 17.7 Å². The van der Waals surface area contributed by atoms with Crippen molar-refractivity contribution in [1.29, 1.82) is 0 Å². The Morgan fingerprint density at radius 1 is 0.962 bits per heavy atom. The average Bonchev–Trinajstić information content (AvgIpc) is 3.17. The van der Waals surface area contributed by atoms with Crippen LogP contribution in [0.15, 0.2) is 80.6 Å². The van der Waals surface area contributed by atoms with Crippen molar-refractivity contribution in [2.24, 2.45) is 0 Å². The summed E-state index contributed by atoms with van der Waals surface area (Å²) in [7, 11) is 0. The molecule has 4 rings (SSSR count). The van der Waals surface area contributed by atoms with Crippen molar-refractivity contribution < 1.29 is 18.4 Å². The van der Waals surface area contributed by atoms with Gasteiger partial charge in [0.1, 0.15) is 11.3 Å². The molecule has 0 saturated heterocycles. The lowest BCUT2D eigenvalue weighted by atomic mass is 10.1.